The monoisotopic (exact) mass is 532 g/mol. The molecule has 2 aromatic carbocycles. The van der Waals surface area contributed by atoms with E-state index < -0.39 is 23.6 Å². The Labute approximate surface area is 221 Å². The summed E-state index contributed by atoms with van der Waals surface area (Å²) in [5.41, 5.74) is 1.78. The molecule has 0 saturated heterocycles. The van der Waals surface area contributed by atoms with Gasteiger partial charge in [-0.3, -0.25) is 4.79 Å². The second kappa shape index (κ2) is 12.0. The fraction of sp³-hybridized carbons (Fsp3) is 0.379. The van der Waals surface area contributed by atoms with Gasteiger partial charge in [0.05, 0.1) is 16.5 Å². The molecule has 0 radical (unpaired) electrons. The van der Waals surface area contributed by atoms with Crippen LogP contribution in [0.4, 0.5) is 24.7 Å². The van der Waals surface area contributed by atoms with Gasteiger partial charge in [0.2, 0.25) is 0 Å². The fourth-order valence-electron chi connectivity index (χ4n) is 4.15. The maximum absolute atomic E-state index is 13.1. The van der Waals surface area contributed by atoms with E-state index in [1.807, 2.05) is 30.9 Å². The molecule has 8 heteroatoms. The third-order valence-corrected chi connectivity index (χ3v) is 6.35. The van der Waals surface area contributed by atoms with Gasteiger partial charge in [-0.2, -0.15) is 13.2 Å². The molecule has 0 amide bonds. The number of carbonyl (C=O) groups is 1. The highest BCUT2D eigenvalue weighted by Crippen LogP contribution is 2.37. The Hall–Kier alpha value is -3.06. The first kappa shape index (κ1) is 28.5. The Morgan fingerprint density at radius 3 is 2.16 bits per heavy atom. The van der Waals surface area contributed by atoms with E-state index in [1.54, 1.807) is 24.4 Å². The molecule has 1 atom stereocenters. The molecule has 1 unspecified atom stereocenters. The Morgan fingerprint density at radius 2 is 1.65 bits per heavy atom. The Balaban J connectivity index is 2.19. The van der Waals surface area contributed by atoms with Gasteiger partial charge in [0.1, 0.15) is 5.82 Å². The molecule has 198 valence electrons. The first-order chi connectivity index (χ1) is 17.3. The number of rotatable bonds is 10. The van der Waals surface area contributed by atoms with Crippen LogP contribution in [0.3, 0.4) is 0 Å². The summed E-state index contributed by atoms with van der Waals surface area (Å²) in [5, 5.41) is 10.5. The van der Waals surface area contributed by atoms with E-state index in [2.05, 4.69) is 18.8 Å². The third kappa shape index (κ3) is 7.71. The van der Waals surface area contributed by atoms with Crippen molar-refractivity contribution in [1.82, 2.24) is 4.98 Å². The molecule has 1 N–H and O–H groups in total. The molecule has 0 spiro atoms. The van der Waals surface area contributed by atoms with Crippen LogP contribution in [0.25, 0.3) is 11.1 Å². The maximum Gasteiger partial charge on any atom is 0.416 e. The predicted molar refractivity (Wildman–Crippen MR) is 142 cm³/mol. The minimum atomic E-state index is -4.44. The molecule has 0 bridgehead atoms. The van der Waals surface area contributed by atoms with Gasteiger partial charge < -0.3 is 10.0 Å². The largest absolute Gasteiger partial charge is 0.481 e. The number of halogens is 4. The average Bonchev–Trinajstić information content (AvgIpc) is 2.82. The number of hydrogen-bond donors (Lipinski definition) is 1. The number of aliphatic carboxylic acids is 1. The van der Waals surface area contributed by atoms with E-state index in [0.29, 0.717) is 46.4 Å². The highest BCUT2D eigenvalue weighted by atomic mass is 35.5. The lowest BCUT2D eigenvalue weighted by molar-refractivity contribution is -0.139. The van der Waals surface area contributed by atoms with Crippen LogP contribution >= 0.6 is 11.6 Å². The van der Waals surface area contributed by atoms with Crippen molar-refractivity contribution in [3.8, 4) is 11.1 Å². The lowest BCUT2D eigenvalue weighted by Gasteiger charge is -2.27. The third-order valence-electron chi connectivity index (χ3n) is 6.12. The van der Waals surface area contributed by atoms with Crippen molar-refractivity contribution in [2.45, 2.75) is 52.6 Å². The quantitative estimate of drug-likeness (QED) is 0.283. The van der Waals surface area contributed by atoms with Crippen molar-refractivity contribution in [2.75, 3.05) is 11.4 Å². The number of hydrogen-bond acceptors (Lipinski definition) is 3. The molecule has 37 heavy (non-hydrogen) atoms. The molecule has 0 aliphatic carbocycles. The number of pyridine rings is 1. The average molecular weight is 533 g/mol. The van der Waals surface area contributed by atoms with Crippen molar-refractivity contribution < 1.29 is 23.1 Å². The van der Waals surface area contributed by atoms with Crippen molar-refractivity contribution in [3.05, 3.63) is 76.9 Å². The minimum absolute atomic E-state index is 0.134. The molecule has 3 rings (SSSR count). The Kier molecular flexibility index (Phi) is 9.24. The molecular weight excluding hydrogens is 501 g/mol. The van der Waals surface area contributed by atoms with E-state index in [9.17, 15) is 23.1 Å². The zero-order valence-electron chi connectivity index (χ0n) is 21.4. The molecule has 0 aliphatic rings. The zero-order valence-corrected chi connectivity index (χ0v) is 22.1. The number of benzene rings is 2. The fourth-order valence-corrected chi connectivity index (χ4v) is 4.26. The van der Waals surface area contributed by atoms with Crippen LogP contribution in [-0.2, 0) is 11.0 Å². The van der Waals surface area contributed by atoms with Crippen molar-refractivity contribution >= 4 is 29.1 Å². The molecule has 1 aromatic heterocycles. The molecule has 4 nitrogen and oxygen atoms in total. The van der Waals surface area contributed by atoms with Crippen LogP contribution in [0.15, 0.2) is 60.8 Å². The second-order valence-electron chi connectivity index (χ2n) is 10.1. The van der Waals surface area contributed by atoms with E-state index in [-0.39, 0.29) is 5.92 Å². The standard InChI is InChI=1S/C29H32ClF3N2O2/c1-18(2)11-12-35(27-10-9-24(30)17-34-27)25-15-21(20-5-7-23(8-6-20)29(31,32)33)14-22(16-25)26(28(36)37)13-19(3)4/h5-10,14-19,26H,11-13H2,1-4H3,(H,36,37). The van der Waals surface area contributed by atoms with Crippen molar-refractivity contribution in [2.24, 2.45) is 11.8 Å². The lowest BCUT2D eigenvalue weighted by Crippen LogP contribution is -2.22. The Bertz CT molecular complexity index is 1190. The van der Waals surface area contributed by atoms with Gasteiger partial charge in [-0.25, -0.2) is 4.98 Å². The zero-order chi connectivity index (χ0) is 27.3. The second-order valence-corrected chi connectivity index (χ2v) is 10.5. The van der Waals surface area contributed by atoms with Gasteiger partial charge in [0, 0.05) is 18.4 Å². The molecule has 0 saturated carbocycles. The van der Waals surface area contributed by atoms with Crippen LogP contribution in [0.2, 0.25) is 5.02 Å². The summed E-state index contributed by atoms with van der Waals surface area (Å²) >= 11 is 6.06. The topological polar surface area (TPSA) is 53.4 Å². The number of aromatic nitrogens is 1. The molecular formula is C29H32ClF3N2O2. The first-order valence-corrected chi connectivity index (χ1v) is 12.7. The highest BCUT2D eigenvalue weighted by Gasteiger charge is 2.30. The van der Waals surface area contributed by atoms with Gasteiger partial charge in [-0.05, 0) is 77.8 Å². The van der Waals surface area contributed by atoms with Gasteiger partial charge in [0.15, 0.2) is 0 Å². The summed E-state index contributed by atoms with van der Waals surface area (Å²) in [7, 11) is 0. The van der Waals surface area contributed by atoms with Crippen LogP contribution in [0.5, 0.6) is 0 Å². The van der Waals surface area contributed by atoms with Gasteiger partial charge in [0.25, 0.3) is 0 Å². The van der Waals surface area contributed by atoms with E-state index in [1.165, 1.54) is 12.1 Å². The summed E-state index contributed by atoms with van der Waals surface area (Å²) in [6, 6.07) is 14.0. The number of carboxylic acids is 1. The number of alkyl halides is 3. The molecule has 0 fully saturated rings. The summed E-state index contributed by atoms with van der Waals surface area (Å²) in [6.45, 7) is 8.76. The van der Waals surface area contributed by atoms with E-state index >= 15 is 0 Å². The lowest BCUT2D eigenvalue weighted by atomic mass is 9.88. The summed E-state index contributed by atoms with van der Waals surface area (Å²) in [5.74, 6) is -0.522. The molecule has 0 aliphatic heterocycles. The normalized spacial score (nSPS) is 12.7. The Morgan fingerprint density at radius 1 is 0.973 bits per heavy atom. The van der Waals surface area contributed by atoms with Crippen molar-refractivity contribution in [1.29, 1.82) is 0 Å². The van der Waals surface area contributed by atoms with E-state index in [0.717, 1.165) is 24.2 Å². The summed E-state index contributed by atoms with van der Waals surface area (Å²) in [6.07, 6.45) is -1.61. The number of carboxylic acid groups (broad SMARTS) is 1. The minimum Gasteiger partial charge on any atom is -0.481 e. The molecule has 3 aromatic rings. The van der Waals surface area contributed by atoms with Gasteiger partial charge in [-0.15, -0.1) is 0 Å². The number of nitrogens with zero attached hydrogens (tertiary/aromatic N) is 2. The van der Waals surface area contributed by atoms with Gasteiger partial charge >= 0.3 is 12.1 Å². The highest BCUT2D eigenvalue weighted by molar-refractivity contribution is 6.30. The first-order valence-electron chi connectivity index (χ1n) is 12.3. The summed E-state index contributed by atoms with van der Waals surface area (Å²) < 4.78 is 39.4. The summed E-state index contributed by atoms with van der Waals surface area (Å²) in [4.78, 5) is 18.8. The number of anilines is 2. The predicted octanol–water partition coefficient (Wildman–Crippen LogP) is 8.82. The smallest absolute Gasteiger partial charge is 0.416 e. The van der Waals surface area contributed by atoms with Gasteiger partial charge in [-0.1, -0.05) is 57.5 Å². The SMILES string of the molecule is CC(C)CCN(c1cc(-c2ccc(C(F)(F)F)cc2)cc(C(CC(C)C)C(=O)O)c1)c1ccc(Cl)cn1. The van der Waals surface area contributed by atoms with Crippen LogP contribution in [0.1, 0.15) is 57.6 Å². The maximum atomic E-state index is 13.1. The van der Waals surface area contributed by atoms with Crippen LogP contribution in [-0.4, -0.2) is 22.6 Å². The molecule has 1 heterocycles. The van der Waals surface area contributed by atoms with Crippen molar-refractivity contribution in [3.63, 3.8) is 0 Å². The van der Waals surface area contributed by atoms with Crippen LogP contribution < -0.4 is 4.90 Å². The van der Waals surface area contributed by atoms with Crippen LogP contribution in [0, 0.1) is 11.8 Å². The van der Waals surface area contributed by atoms with E-state index in [4.69, 9.17) is 11.6 Å².